The molecule has 0 saturated heterocycles. The van der Waals surface area contributed by atoms with Gasteiger partial charge >= 0.3 is 0 Å². The fourth-order valence-electron chi connectivity index (χ4n) is 1.60. The Morgan fingerprint density at radius 2 is 2.27 bits per heavy atom. The van der Waals surface area contributed by atoms with Crippen LogP contribution in [0, 0.1) is 11.3 Å². The van der Waals surface area contributed by atoms with Crippen LogP contribution >= 0.6 is 27.5 Å². The molecule has 0 radical (unpaired) electrons. The van der Waals surface area contributed by atoms with Crippen LogP contribution in [0.4, 0.5) is 0 Å². The molecule has 0 spiro atoms. The molecular formula is C16H16BrClN2O2. The second-order valence-electron chi connectivity index (χ2n) is 4.71. The first-order valence-corrected chi connectivity index (χ1v) is 7.71. The zero-order valence-electron chi connectivity index (χ0n) is 12.3. The van der Waals surface area contributed by atoms with E-state index in [0.717, 1.165) is 0 Å². The van der Waals surface area contributed by atoms with E-state index in [-0.39, 0.29) is 11.6 Å². The monoisotopic (exact) mass is 382 g/mol. The quantitative estimate of drug-likeness (QED) is 0.457. The molecule has 0 unspecified atom stereocenters. The van der Waals surface area contributed by atoms with E-state index in [1.165, 1.54) is 6.08 Å². The first-order chi connectivity index (χ1) is 10.4. The molecule has 22 heavy (non-hydrogen) atoms. The average Bonchev–Trinajstić information content (AvgIpc) is 2.43. The van der Waals surface area contributed by atoms with Gasteiger partial charge in [-0.1, -0.05) is 24.3 Å². The van der Waals surface area contributed by atoms with Gasteiger partial charge in [0.1, 0.15) is 18.2 Å². The van der Waals surface area contributed by atoms with E-state index < -0.39 is 5.91 Å². The molecule has 0 aliphatic heterocycles. The Balaban J connectivity index is 3.11. The van der Waals surface area contributed by atoms with Crippen LogP contribution in [-0.2, 0) is 4.79 Å². The van der Waals surface area contributed by atoms with E-state index >= 15 is 0 Å². The number of carbonyl (C=O) groups excluding carboxylic acids is 1. The number of hydrogen-bond acceptors (Lipinski definition) is 3. The molecule has 0 fully saturated rings. The molecule has 1 aromatic rings. The molecule has 0 heterocycles. The summed E-state index contributed by atoms with van der Waals surface area (Å²) < 4.78 is 6.08. The number of nitrogens with one attached hydrogen (secondary N) is 1. The van der Waals surface area contributed by atoms with Gasteiger partial charge in [0.05, 0.1) is 9.50 Å². The van der Waals surface area contributed by atoms with Gasteiger partial charge in [0.2, 0.25) is 0 Å². The van der Waals surface area contributed by atoms with Crippen LogP contribution < -0.4 is 10.1 Å². The van der Waals surface area contributed by atoms with Gasteiger partial charge in [0.15, 0.2) is 5.75 Å². The number of nitrogens with zero attached hydrogens (tertiary/aromatic N) is 1. The highest BCUT2D eigenvalue weighted by Crippen LogP contribution is 2.35. The van der Waals surface area contributed by atoms with Crippen molar-refractivity contribution in [3.05, 3.63) is 45.4 Å². The van der Waals surface area contributed by atoms with Crippen LogP contribution in [0.15, 0.2) is 34.8 Å². The van der Waals surface area contributed by atoms with Crippen LogP contribution in [0.2, 0.25) is 5.02 Å². The number of halogens is 2. The van der Waals surface area contributed by atoms with Crippen molar-refractivity contribution in [1.29, 1.82) is 5.26 Å². The molecule has 0 saturated carbocycles. The molecular weight excluding hydrogens is 368 g/mol. The number of hydrogen-bond donors (Lipinski definition) is 1. The van der Waals surface area contributed by atoms with Crippen molar-refractivity contribution in [2.45, 2.75) is 19.9 Å². The van der Waals surface area contributed by atoms with Gasteiger partial charge in [-0.05, 0) is 53.5 Å². The van der Waals surface area contributed by atoms with E-state index in [4.69, 9.17) is 21.6 Å². The number of benzene rings is 1. The van der Waals surface area contributed by atoms with Crippen molar-refractivity contribution >= 4 is 39.5 Å². The molecule has 1 aromatic carbocycles. The van der Waals surface area contributed by atoms with Gasteiger partial charge in [0.25, 0.3) is 5.91 Å². The van der Waals surface area contributed by atoms with Crippen molar-refractivity contribution in [3.8, 4) is 11.8 Å². The fourth-order valence-corrected chi connectivity index (χ4v) is 2.59. The Labute approximate surface area is 143 Å². The lowest BCUT2D eigenvalue weighted by molar-refractivity contribution is -0.117. The van der Waals surface area contributed by atoms with Gasteiger partial charge in [-0.15, -0.1) is 0 Å². The predicted molar refractivity (Wildman–Crippen MR) is 91.7 cm³/mol. The van der Waals surface area contributed by atoms with Crippen LogP contribution in [0.3, 0.4) is 0 Å². The van der Waals surface area contributed by atoms with Gasteiger partial charge in [-0.2, -0.15) is 5.26 Å². The summed E-state index contributed by atoms with van der Waals surface area (Å²) in [6.07, 6.45) is 3.09. The average molecular weight is 384 g/mol. The summed E-state index contributed by atoms with van der Waals surface area (Å²) in [5.41, 5.74) is 0.634. The third-order valence-corrected chi connectivity index (χ3v) is 3.33. The Morgan fingerprint density at radius 1 is 1.59 bits per heavy atom. The maximum Gasteiger partial charge on any atom is 0.262 e. The van der Waals surface area contributed by atoms with Gasteiger partial charge in [-0.3, -0.25) is 4.79 Å². The lowest BCUT2D eigenvalue weighted by Crippen LogP contribution is -2.30. The number of rotatable bonds is 6. The number of ether oxygens (including phenoxy) is 1. The molecule has 0 atom stereocenters. The first kappa shape index (κ1) is 18.3. The van der Waals surface area contributed by atoms with Crippen LogP contribution in [0.5, 0.6) is 5.75 Å². The molecule has 1 N–H and O–H groups in total. The van der Waals surface area contributed by atoms with Crippen LogP contribution in [0.1, 0.15) is 19.4 Å². The van der Waals surface area contributed by atoms with E-state index in [1.807, 2.05) is 19.9 Å². The molecule has 1 amide bonds. The number of amides is 1. The zero-order valence-corrected chi connectivity index (χ0v) is 14.7. The highest BCUT2D eigenvalue weighted by Gasteiger charge is 2.12. The first-order valence-electron chi connectivity index (χ1n) is 6.54. The minimum atomic E-state index is -0.420. The third-order valence-electron chi connectivity index (χ3n) is 2.46. The van der Waals surface area contributed by atoms with E-state index in [0.29, 0.717) is 27.4 Å². The summed E-state index contributed by atoms with van der Waals surface area (Å²) in [5.74, 6) is 0.0700. The molecule has 0 aliphatic rings. The molecule has 116 valence electrons. The van der Waals surface area contributed by atoms with Gasteiger partial charge in [0, 0.05) is 6.04 Å². The predicted octanol–water partition coefficient (Wildman–Crippen LogP) is 4.10. The second-order valence-corrected chi connectivity index (χ2v) is 5.97. The maximum absolute atomic E-state index is 11.9. The summed E-state index contributed by atoms with van der Waals surface area (Å²) in [6.45, 7) is 7.55. The second kappa shape index (κ2) is 8.62. The molecule has 4 nitrogen and oxygen atoms in total. The molecule has 6 heteroatoms. The summed E-state index contributed by atoms with van der Waals surface area (Å²) in [6, 6.07) is 5.20. The van der Waals surface area contributed by atoms with Crippen molar-refractivity contribution < 1.29 is 9.53 Å². The largest absolute Gasteiger partial charge is 0.487 e. The SMILES string of the molecule is C=CCOc1c(Cl)cc(/C=C(/C#N)C(=O)NC(C)C)cc1Br. The highest BCUT2D eigenvalue weighted by molar-refractivity contribution is 9.10. The van der Waals surface area contributed by atoms with Gasteiger partial charge in [-0.25, -0.2) is 0 Å². The lowest BCUT2D eigenvalue weighted by atomic mass is 10.1. The Morgan fingerprint density at radius 3 is 2.77 bits per heavy atom. The Hall–Kier alpha value is -1.77. The summed E-state index contributed by atoms with van der Waals surface area (Å²) >= 11 is 9.52. The van der Waals surface area contributed by atoms with Crippen LogP contribution in [-0.4, -0.2) is 18.6 Å². The van der Waals surface area contributed by atoms with E-state index in [2.05, 4.69) is 27.8 Å². The minimum absolute atomic E-state index is 0.0106. The smallest absolute Gasteiger partial charge is 0.262 e. The molecule has 0 bridgehead atoms. The summed E-state index contributed by atoms with van der Waals surface area (Å²) in [4.78, 5) is 11.9. The minimum Gasteiger partial charge on any atom is -0.487 e. The molecule has 0 aromatic heterocycles. The Kier molecular flexibility index (Phi) is 7.16. The topological polar surface area (TPSA) is 62.1 Å². The normalized spacial score (nSPS) is 11.0. The van der Waals surface area contributed by atoms with Gasteiger partial charge < -0.3 is 10.1 Å². The molecule has 1 rings (SSSR count). The molecule has 0 aliphatic carbocycles. The standard InChI is InChI=1S/C16H16BrClN2O2/c1-4-5-22-15-13(17)7-11(8-14(15)18)6-12(9-19)16(21)20-10(2)3/h4,6-8,10H,1,5H2,2-3H3,(H,20,21)/b12-6-. The summed E-state index contributed by atoms with van der Waals surface area (Å²) in [7, 11) is 0. The van der Waals surface area contributed by atoms with E-state index in [9.17, 15) is 4.79 Å². The maximum atomic E-state index is 11.9. The zero-order chi connectivity index (χ0) is 16.7. The fraction of sp³-hybridized carbons (Fsp3) is 0.250. The lowest BCUT2D eigenvalue weighted by Gasteiger charge is -2.10. The summed E-state index contributed by atoms with van der Waals surface area (Å²) in [5, 5.41) is 12.2. The van der Waals surface area contributed by atoms with Crippen molar-refractivity contribution in [3.63, 3.8) is 0 Å². The van der Waals surface area contributed by atoms with Crippen molar-refractivity contribution in [2.24, 2.45) is 0 Å². The highest BCUT2D eigenvalue weighted by atomic mass is 79.9. The van der Waals surface area contributed by atoms with Crippen molar-refractivity contribution in [1.82, 2.24) is 5.32 Å². The number of carbonyl (C=O) groups is 1. The van der Waals surface area contributed by atoms with Crippen molar-refractivity contribution in [2.75, 3.05) is 6.61 Å². The third kappa shape index (κ3) is 5.21. The Bertz CT molecular complexity index is 625. The van der Waals surface area contributed by atoms with Crippen LogP contribution in [0.25, 0.3) is 6.08 Å². The van der Waals surface area contributed by atoms with E-state index in [1.54, 1.807) is 18.2 Å². The number of nitriles is 1.